The molecule has 2 heterocycles. The van der Waals surface area contributed by atoms with Gasteiger partial charge in [0.2, 0.25) is 0 Å². The fourth-order valence-corrected chi connectivity index (χ4v) is 5.10. The van der Waals surface area contributed by atoms with E-state index in [9.17, 15) is 4.79 Å². The molecule has 1 aliphatic heterocycles. The van der Waals surface area contributed by atoms with Crippen molar-refractivity contribution in [2.45, 2.75) is 51.9 Å². The third kappa shape index (κ3) is 3.28. The van der Waals surface area contributed by atoms with E-state index in [0.717, 1.165) is 34.0 Å². The standard InChI is InChI=1S/C27H28N2O/c1-18-16-22(17-25-24-10-6-7-11-26(24)28-27(25)30)19(2)29(18)23-14-12-21(13-15-23)20-8-4-3-5-9-20/h6-7,10-17,20H,3-5,8-9H2,1-2H3,(H,28,30)/b25-17+. The Morgan fingerprint density at radius 1 is 0.967 bits per heavy atom. The summed E-state index contributed by atoms with van der Waals surface area (Å²) in [5.41, 5.74) is 8.68. The molecular weight excluding hydrogens is 368 g/mol. The molecule has 0 atom stereocenters. The number of carbonyl (C=O) groups excluding carboxylic acids is 1. The highest BCUT2D eigenvalue weighted by atomic mass is 16.2. The Bertz CT molecular complexity index is 1130. The van der Waals surface area contributed by atoms with E-state index in [2.05, 4.69) is 54.1 Å². The van der Waals surface area contributed by atoms with Crippen molar-refractivity contribution in [2.24, 2.45) is 0 Å². The number of aromatic nitrogens is 1. The van der Waals surface area contributed by atoms with Crippen molar-refractivity contribution < 1.29 is 4.79 Å². The number of fused-ring (bicyclic) bond motifs is 1. The average molecular weight is 397 g/mol. The summed E-state index contributed by atoms with van der Waals surface area (Å²) in [5.74, 6) is 0.693. The van der Waals surface area contributed by atoms with Crippen LogP contribution in [0.2, 0.25) is 0 Å². The van der Waals surface area contributed by atoms with E-state index in [0.29, 0.717) is 0 Å². The van der Waals surface area contributed by atoms with Gasteiger partial charge in [-0.3, -0.25) is 4.79 Å². The highest BCUT2D eigenvalue weighted by molar-refractivity contribution is 6.34. The van der Waals surface area contributed by atoms with Crippen LogP contribution in [-0.2, 0) is 4.79 Å². The molecular formula is C27H28N2O. The monoisotopic (exact) mass is 396 g/mol. The normalized spacial score (nSPS) is 17.9. The predicted octanol–water partition coefficient (Wildman–Crippen LogP) is 6.63. The number of carbonyl (C=O) groups is 1. The summed E-state index contributed by atoms with van der Waals surface area (Å²) < 4.78 is 2.29. The smallest absolute Gasteiger partial charge is 0.256 e. The van der Waals surface area contributed by atoms with Crippen LogP contribution in [0.25, 0.3) is 17.3 Å². The van der Waals surface area contributed by atoms with Gasteiger partial charge in [0.15, 0.2) is 0 Å². The van der Waals surface area contributed by atoms with Gasteiger partial charge in [-0.25, -0.2) is 0 Å². The molecule has 0 radical (unpaired) electrons. The molecule has 0 spiro atoms. The number of amides is 1. The molecule has 2 aromatic carbocycles. The van der Waals surface area contributed by atoms with Crippen LogP contribution >= 0.6 is 0 Å². The van der Waals surface area contributed by atoms with Gasteiger partial charge >= 0.3 is 0 Å². The van der Waals surface area contributed by atoms with Crippen LogP contribution in [-0.4, -0.2) is 10.5 Å². The van der Waals surface area contributed by atoms with E-state index in [1.54, 1.807) is 0 Å². The third-order valence-corrected chi connectivity index (χ3v) is 6.71. The van der Waals surface area contributed by atoms with E-state index in [-0.39, 0.29) is 5.91 Å². The molecule has 1 aliphatic carbocycles. The summed E-state index contributed by atoms with van der Waals surface area (Å²) >= 11 is 0. The Hall–Kier alpha value is -3.07. The van der Waals surface area contributed by atoms with E-state index < -0.39 is 0 Å². The largest absolute Gasteiger partial charge is 0.321 e. The molecule has 3 heteroatoms. The fraction of sp³-hybridized carbons (Fsp3) is 0.296. The van der Waals surface area contributed by atoms with Gasteiger partial charge in [-0.15, -0.1) is 0 Å². The lowest BCUT2D eigenvalue weighted by Crippen LogP contribution is -2.05. The number of hydrogen-bond donors (Lipinski definition) is 1. The zero-order chi connectivity index (χ0) is 20.7. The summed E-state index contributed by atoms with van der Waals surface area (Å²) in [4.78, 5) is 12.5. The van der Waals surface area contributed by atoms with Crippen LogP contribution in [0, 0.1) is 13.8 Å². The molecule has 1 aromatic heterocycles. The van der Waals surface area contributed by atoms with Crippen molar-refractivity contribution in [3.05, 3.63) is 82.7 Å². The van der Waals surface area contributed by atoms with Crippen molar-refractivity contribution in [3.63, 3.8) is 0 Å². The SMILES string of the molecule is Cc1cc(/C=C2/C(=O)Nc3ccccc32)c(C)n1-c1ccc(C2CCCCC2)cc1. The molecule has 1 amide bonds. The van der Waals surface area contributed by atoms with Gasteiger partial charge in [0.05, 0.1) is 0 Å². The molecule has 0 unspecified atom stereocenters. The Morgan fingerprint density at radius 3 is 2.47 bits per heavy atom. The minimum Gasteiger partial charge on any atom is -0.321 e. The van der Waals surface area contributed by atoms with E-state index in [1.165, 1.54) is 49.0 Å². The lowest BCUT2D eigenvalue weighted by atomic mass is 9.84. The van der Waals surface area contributed by atoms with E-state index >= 15 is 0 Å². The van der Waals surface area contributed by atoms with Gasteiger partial charge in [0.25, 0.3) is 5.91 Å². The van der Waals surface area contributed by atoms with Crippen LogP contribution in [0.4, 0.5) is 5.69 Å². The van der Waals surface area contributed by atoms with Gasteiger partial charge in [-0.05, 0) is 74.1 Å². The topological polar surface area (TPSA) is 34.0 Å². The molecule has 1 fully saturated rings. The molecule has 0 bridgehead atoms. The zero-order valence-electron chi connectivity index (χ0n) is 17.7. The lowest BCUT2D eigenvalue weighted by molar-refractivity contribution is -0.110. The Labute approximate surface area is 178 Å². The third-order valence-electron chi connectivity index (χ3n) is 6.71. The van der Waals surface area contributed by atoms with E-state index in [1.807, 2.05) is 30.3 Å². The lowest BCUT2D eigenvalue weighted by Gasteiger charge is -2.22. The molecule has 3 nitrogen and oxygen atoms in total. The average Bonchev–Trinajstić information content (AvgIpc) is 3.24. The minimum absolute atomic E-state index is 0.0298. The number of para-hydroxylation sites is 1. The van der Waals surface area contributed by atoms with Crippen molar-refractivity contribution in [2.75, 3.05) is 5.32 Å². The van der Waals surface area contributed by atoms with Crippen LogP contribution in [0.5, 0.6) is 0 Å². The maximum absolute atomic E-state index is 12.5. The molecule has 1 saturated carbocycles. The molecule has 152 valence electrons. The van der Waals surface area contributed by atoms with E-state index in [4.69, 9.17) is 0 Å². The van der Waals surface area contributed by atoms with Gasteiger partial charge in [0, 0.05) is 33.9 Å². The maximum atomic E-state index is 12.5. The molecule has 5 rings (SSSR count). The quantitative estimate of drug-likeness (QED) is 0.495. The van der Waals surface area contributed by atoms with Crippen LogP contribution in [0.1, 0.15) is 66.1 Å². The summed E-state index contributed by atoms with van der Waals surface area (Å²) in [6, 6.07) is 19.2. The Kier molecular flexibility index (Phi) is 4.82. The minimum atomic E-state index is -0.0298. The number of rotatable bonds is 3. The Morgan fingerprint density at radius 2 is 1.70 bits per heavy atom. The highest BCUT2D eigenvalue weighted by Gasteiger charge is 2.24. The molecule has 0 saturated heterocycles. The highest BCUT2D eigenvalue weighted by Crippen LogP contribution is 2.35. The fourth-order valence-electron chi connectivity index (χ4n) is 5.10. The zero-order valence-corrected chi connectivity index (χ0v) is 17.7. The summed E-state index contributed by atoms with van der Waals surface area (Å²) in [6.07, 6.45) is 8.77. The molecule has 1 N–H and O–H groups in total. The number of aryl methyl sites for hydroxylation is 1. The van der Waals surface area contributed by atoms with Gasteiger partial charge in [0.1, 0.15) is 0 Å². The summed E-state index contributed by atoms with van der Waals surface area (Å²) in [7, 11) is 0. The predicted molar refractivity (Wildman–Crippen MR) is 124 cm³/mol. The number of nitrogens with zero attached hydrogens (tertiary/aromatic N) is 1. The molecule has 3 aromatic rings. The van der Waals surface area contributed by atoms with Crippen LogP contribution < -0.4 is 5.32 Å². The number of hydrogen-bond acceptors (Lipinski definition) is 1. The first-order valence-electron chi connectivity index (χ1n) is 11.0. The Balaban J connectivity index is 1.48. The first kappa shape index (κ1) is 18.9. The second-order valence-electron chi connectivity index (χ2n) is 8.65. The first-order valence-corrected chi connectivity index (χ1v) is 11.0. The van der Waals surface area contributed by atoms with Gasteiger partial charge < -0.3 is 9.88 Å². The van der Waals surface area contributed by atoms with Crippen molar-refractivity contribution in [3.8, 4) is 5.69 Å². The van der Waals surface area contributed by atoms with Crippen LogP contribution in [0.15, 0.2) is 54.6 Å². The second-order valence-corrected chi connectivity index (χ2v) is 8.65. The first-order chi connectivity index (χ1) is 14.6. The summed E-state index contributed by atoms with van der Waals surface area (Å²) in [5, 5.41) is 2.96. The number of nitrogens with one attached hydrogen (secondary N) is 1. The molecule has 2 aliphatic rings. The number of benzene rings is 2. The van der Waals surface area contributed by atoms with Crippen molar-refractivity contribution >= 4 is 23.2 Å². The van der Waals surface area contributed by atoms with Gasteiger partial charge in [-0.2, -0.15) is 0 Å². The summed E-state index contributed by atoms with van der Waals surface area (Å²) in [6.45, 7) is 4.26. The molecule has 30 heavy (non-hydrogen) atoms. The van der Waals surface area contributed by atoms with Gasteiger partial charge in [-0.1, -0.05) is 49.6 Å². The van der Waals surface area contributed by atoms with Crippen molar-refractivity contribution in [1.82, 2.24) is 4.57 Å². The van der Waals surface area contributed by atoms with Crippen molar-refractivity contribution in [1.29, 1.82) is 0 Å². The number of anilines is 1. The maximum Gasteiger partial charge on any atom is 0.256 e. The second kappa shape index (κ2) is 7.64. The van der Waals surface area contributed by atoms with Crippen LogP contribution in [0.3, 0.4) is 0 Å².